The Kier molecular flexibility index (Phi) is 3.86. The van der Waals surface area contributed by atoms with Gasteiger partial charge in [0.25, 0.3) is 0 Å². The maximum absolute atomic E-state index is 12.6. The molecule has 1 fully saturated rings. The van der Waals surface area contributed by atoms with E-state index >= 15 is 0 Å². The number of fused-ring (bicyclic) bond motifs is 1. The Morgan fingerprint density at radius 3 is 3.08 bits per heavy atom. The van der Waals surface area contributed by atoms with Gasteiger partial charge in [-0.05, 0) is 43.0 Å². The fourth-order valence-electron chi connectivity index (χ4n) is 3.54. The van der Waals surface area contributed by atoms with Crippen molar-refractivity contribution in [2.75, 3.05) is 18.7 Å². The van der Waals surface area contributed by atoms with Crippen molar-refractivity contribution in [3.63, 3.8) is 0 Å². The van der Waals surface area contributed by atoms with E-state index in [0.717, 1.165) is 36.1 Å². The smallest absolute Gasteiger partial charge is 0.231 e. The van der Waals surface area contributed by atoms with Crippen molar-refractivity contribution in [2.24, 2.45) is 17.6 Å². The molecule has 1 aliphatic carbocycles. The second-order valence-corrected chi connectivity index (χ2v) is 6.25. The molecule has 4 N–H and O–H groups in total. The molecule has 0 spiro atoms. The molecule has 0 unspecified atom stereocenters. The number of benzene rings is 1. The third kappa shape index (κ3) is 2.60. The van der Waals surface area contributed by atoms with E-state index in [0.29, 0.717) is 18.1 Å². The number of hydrogen-bond donors (Lipinski definition) is 3. The van der Waals surface area contributed by atoms with Crippen molar-refractivity contribution in [3.8, 4) is 22.6 Å². The molecule has 2 atom stereocenters. The normalized spacial score (nSPS) is 21.9. The summed E-state index contributed by atoms with van der Waals surface area (Å²) in [6.07, 6.45) is 4.66. The van der Waals surface area contributed by atoms with Crippen LogP contribution in [0.5, 0.6) is 11.5 Å². The summed E-state index contributed by atoms with van der Waals surface area (Å²) in [5.41, 5.74) is 7.51. The van der Waals surface area contributed by atoms with Crippen LogP contribution < -0.4 is 20.5 Å². The highest BCUT2D eigenvalue weighted by Gasteiger charge is 2.32. The monoisotopic (exact) mass is 328 g/mol. The summed E-state index contributed by atoms with van der Waals surface area (Å²) in [7, 11) is 0. The van der Waals surface area contributed by atoms with Gasteiger partial charge in [0, 0.05) is 11.5 Å². The van der Waals surface area contributed by atoms with Crippen molar-refractivity contribution in [1.82, 2.24) is 10.2 Å². The summed E-state index contributed by atoms with van der Waals surface area (Å²) in [6.45, 7) is 0.784. The number of H-pyrrole nitrogens is 1. The molecule has 1 saturated carbocycles. The number of carbonyl (C=O) groups excluding carboxylic acids is 1. The quantitative estimate of drug-likeness (QED) is 0.798. The van der Waals surface area contributed by atoms with Gasteiger partial charge >= 0.3 is 0 Å². The first-order chi connectivity index (χ1) is 11.8. The lowest BCUT2D eigenvalue weighted by Gasteiger charge is -2.17. The van der Waals surface area contributed by atoms with Crippen LogP contribution in [-0.2, 0) is 4.79 Å². The van der Waals surface area contributed by atoms with E-state index in [-0.39, 0.29) is 24.5 Å². The van der Waals surface area contributed by atoms with Crippen LogP contribution in [0.3, 0.4) is 0 Å². The number of nitrogens with one attached hydrogen (secondary N) is 2. The van der Waals surface area contributed by atoms with Gasteiger partial charge in [0.15, 0.2) is 11.5 Å². The van der Waals surface area contributed by atoms with E-state index in [4.69, 9.17) is 15.2 Å². The van der Waals surface area contributed by atoms with Gasteiger partial charge in [0.2, 0.25) is 12.7 Å². The van der Waals surface area contributed by atoms with Gasteiger partial charge in [-0.1, -0.05) is 12.5 Å². The van der Waals surface area contributed by atoms with Crippen LogP contribution in [0.15, 0.2) is 24.4 Å². The molecule has 0 radical (unpaired) electrons. The predicted octanol–water partition coefficient (Wildman–Crippen LogP) is 2.12. The summed E-state index contributed by atoms with van der Waals surface area (Å²) in [5.74, 6) is 2.27. The maximum Gasteiger partial charge on any atom is 0.231 e. The van der Waals surface area contributed by atoms with Crippen LogP contribution in [0.4, 0.5) is 5.82 Å². The fourth-order valence-corrected chi connectivity index (χ4v) is 3.54. The lowest BCUT2D eigenvalue weighted by molar-refractivity contribution is -0.120. The van der Waals surface area contributed by atoms with Crippen molar-refractivity contribution < 1.29 is 14.3 Å². The molecule has 7 nitrogen and oxygen atoms in total. The average molecular weight is 328 g/mol. The average Bonchev–Trinajstić information content (AvgIpc) is 3.33. The molecule has 1 amide bonds. The Morgan fingerprint density at radius 2 is 2.21 bits per heavy atom. The van der Waals surface area contributed by atoms with Crippen molar-refractivity contribution in [3.05, 3.63) is 24.4 Å². The molecule has 1 aromatic carbocycles. The Morgan fingerprint density at radius 1 is 1.33 bits per heavy atom. The summed E-state index contributed by atoms with van der Waals surface area (Å²) in [4.78, 5) is 12.6. The van der Waals surface area contributed by atoms with Gasteiger partial charge in [-0.2, -0.15) is 5.10 Å². The molecule has 24 heavy (non-hydrogen) atoms. The molecule has 2 heterocycles. The van der Waals surface area contributed by atoms with Gasteiger partial charge < -0.3 is 20.5 Å². The van der Waals surface area contributed by atoms with E-state index in [1.807, 2.05) is 18.2 Å². The number of aromatic nitrogens is 2. The largest absolute Gasteiger partial charge is 0.454 e. The minimum Gasteiger partial charge on any atom is -0.454 e. The lowest BCUT2D eigenvalue weighted by Crippen LogP contribution is -2.30. The number of hydrogen-bond acceptors (Lipinski definition) is 5. The number of aromatic amines is 1. The second-order valence-electron chi connectivity index (χ2n) is 6.25. The maximum atomic E-state index is 12.6. The number of rotatable bonds is 4. The third-order valence-electron chi connectivity index (χ3n) is 4.87. The number of carbonyl (C=O) groups is 1. The van der Waals surface area contributed by atoms with Crippen molar-refractivity contribution in [1.29, 1.82) is 0 Å². The molecule has 1 aliphatic heterocycles. The van der Waals surface area contributed by atoms with E-state index in [1.54, 1.807) is 6.20 Å². The van der Waals surface area contributed by atoms with Crippen LogP contribution in [0, 0.1) is 11.8 Å². The first kappa shape index (κ1) is 15.0. The van der Waals surface area contributed by atoms with Crippen LogP contribution in [0.2, 0.25) is 0 Å². The fraction of sp³-hybridized carbons (Fsp3) is 0.412. The van der Waals surface area contributed by atoms with Gasteiger partial charge in [0.1, 0.15) is 5.82 Å². The molecule has 0 saturated heterocycles. The van der Waals surface area contributed by atoms with E-state index in [9.17, 15) is 4.79 Å². The molecule has 2 aliphatic rings. The molecular formula is C17H20N4O3. The molecular weight excluding hydrogens is 308 g/mol. The van der Waals surface area contributed by atoms with Gasteiger partial charge in [-0.3, -0.25) is 9.89 Å². The summed E-state index contributed by atoms with van der Waals surface area (Å²) < 4.78 is 10.7. The number of ether oxygens (including phenoxy) is 2. The third-order valence-corrected chi connectivity index (χ3v) is 4.87. The standard InChI is InChI=1S/C17H20N4O3/c18-7-11-2-1-3-12(11)17(22)20-16-13(8-19-21-16)10-4-5-14-15(6-10)24-9-23-14/h4-6,8,11-12H,1-3,7,9,18H2,(H2,19,20,21,22)/t11-,12-/m1/s1. The number of amides is 1. The number of nitrogens with two attached hydrogens (primary N) is 1. The molecule has 7 heteroatoms. The SMILES string of the molecule is NC[C@H]1CCC[C@H]1C(=O)Nc1[nH]ncc1-c1ccc2c(c1)OCO2. The Balaban J connectivity index is 1.56. The van der Waals surface area contributed by atoms with Crippen LogP contribution in [0.1, 0.15) is 19.3 Å². The van der Waals surface area contributed by atoms with Gasteiger partial charge in [-0.25, -0.2) is 0 Å². The molecule has 4 rings (SSSR count). The van der Waals surface area contributed by atoms with E-state index < -0.39 is 0 Å². The zero-order valence-corrected chi connectivity index (χ0v) is 13.2. The Labute approximate surface area is 139 Å². The van der Waals surface area contributed by atoms with E-state index in [2.05, 4.69) is 15.5 Å². The number of nitrogens with zero attached hydrogens (tertiary/aromatic N) is 1. The van der Waals surface area contributed by atoms with Crippen LogP contribution >= 0.6 is 0 Å². The van der Waals surface area contributed by atoms with Gasteiger partial charge in [0.05, 0.1) is 6.20 Å². The highest BCUT2D eigenvalue weighted by molar-refractivity contribution is 5.95. The second kappa shape index (κ2) is 6.16. The molecule has 0 bridgehead atoms. The molecule has 1 aromatic heterocycles. The molecule has 2 aromatic rings. The lowest BCUT2D eigenvalue weighted by atomic mass is 9.95. The van der Waals surface area contributed by atoms with E-state index in [1.165, 1.54) is 0 Å². The summed E-state index contributed by atoms with van der Waals surface area (Å²) in [6, 6.07) is 5.67. The zero-order valence-electron chi connectivity index (χ0n) is 13.2. The highest BCUT2D eigenvalue weighted by atomic mass is 16.7. The highest BCUT2D eigenvalue weighted by Crippen LogP contribution is 2.38. The van der Waals surface area contributed by atoms with Crippen LogP contribution in [0.25, 0.3) is 11.1 Å². The zero-order chi connectivity index (χ0) is 16.5. The van der Waals surface area contributed by atoms with Crippen LogP contribution in [-0.4, -0.2) is 29.4 Å². The summed E-state index contributed by atoms with van der Waals surface area (Å²) >= 11 is 0. The predicted molar refractivity (Wildman–Crippen MR) is 88.7 cm³/mol. The first-order valence-corrected chi connectivity index (χ1v) is 8.20. The van der Waals surface area contributed by atoms with Crippen molar-refractivity contribution >= 4 is 11.7 Å². The minimum absolute atomic E-state index is 0.00851. The minimum atomic E-state index is -0.0251. The Hall–Kier alpha value is -2.54. The topological polar surface area (TPSA) is 102 Å². The van der Waals surface area contributed by atoms with Gasteiger partial charge in [-0.15, -0.1) is 0 Å². The van der Waals surface area contributed by atoms with Crippen molar-refractivity contribution in [2.45, 2.75) is 19.3 Å². The Bertz CT molecular complexity index is 758. The molecule has 126 valence electrons. The first-order valence-electron chi connectivity index (χ1n) is 8.20. The number of anilines is 1. The summed E-state index contributed by atoms with van der Waals surface area (Å²) in [5, 5.41) is 9.93.